The molecule has 0 radical (unpaired) electrons. The molecule has 1 N–H and O–H groups in total. The van der Waals surface area contributed by atoms with Gasteiger partial charge >= 0.3 is 0 Å². The van der Waals surface area contributed by atoms with Crippen LogP contribution in [0, 0.1) is 11.8 Å². The summed E-state index contributed by atoms with van der Waals surface area (Å²) in [5.41, 5.74) is 0. The summed E-state index contributed by atoms with van der Waals surface area (Å²) < 4.78 is 0. The molecule has 0 amide bonds. The molecule has 3 unspecified atom stereocenters. The normalized spacial score (nSPS) is 26.7. The van der Waals surface area contributed by atoms with Crippen molar-refractivity contribution in [3.05, 3.63) is 0 Å². The van der Waals surface area contributed by atoms with Gasteiger partial charge in [-0.05, 0) is 64.7 Å². The van der Waals surface area contributed by atoms with Crippen LogP contribution in [0.3, 0.4) is 0 Å². The van der Waals surface area contributed by atoms with Gasteiger partial charge in [0.1, 0.15) is 0 Å². The van der Waals surface area contributed by atoms with Gasteiger partial charge in [-0.25, -0.2) is 0 Å². The van der Waals surface area contributed by atoms with Gasteiger partial charge in [-0.3, -0.25) is 0 Å². The second-order valence-corrected chi connectivity index (χ2v) is 7.12. The quantitative estimate of drug-likeness (QED) is 0.668. The number of nitrogens with zero attached hydrogens (tertiary/aromatic N) is 2. The molecule has 0 bridgehead atoms. The molecule has 1 aliphatic rings. The summed E-state index contributed by atoms with van der Waals surface area (Å²) in [4.78, 5) is 5.01. The molecule has 0 heterocycles. The Hall–Kier alpha value is -0.120. The molecule has 0 aromatic carbocycles. The molecule has 0 saturated heterocycles. The van der Waals surface area contributed by atoms with Gasteiger partial charge in [-0.15, -0.1) is 0 Å². The maximum atomic E-state index is 3.75. The van der Waals surface area contributed by atoms with E-state index in [0.717, 1.165) is 24.4 Å². The third-order valence-electron chi connectivity index (χ3n) is 5.03. The molecule has 3 heteroatoms. The lowest BCUT2D eigenvalue weighted by Crippen LogP contribution is -2.47. The zero-order chi connectivity index (χ0) is 15.7. The summed E-state index contributed by atoms with van der Waals surface area (Å²) in [7, 11) is 4.36. The number of nitrogens with one attached hydrogen (secondary N) is 1. The van der Waals surface area contributed by atoms with Crippen molar-refractivity contribution in [2.45, 2.75) is 58.9 Å². The fraction of sp³-hybridized carbons (Fsp3) is 1.00. The molecule has 1 aliphatic carbocycles. The van der Waals surface area contributed by atoms with E-state index in [1.54, 1.807) is 0 Å². The molecular formula is C18H39N3. The van der Waals surface area contributed by atoms with Crippen molar-refractivity contribution in [2.75, 3.05) is 46.8 Å². The summed E-state index contributed by atoms with van der Waals surface area (Å²) in [5.74, 6) is 1.81. The van der Waals surface area contributed by atoms with Crippen LogP contribution in [0.25, 0.3) is 0 Å². The Morgan fingerprint density at radius 1 is 1.00 bits per heavy atom. The molecule has 0 aromatic heterocycles. The van der Waals surface area contributed by atoms with Crippen LogP contribution in [0.5, 0.6) is 0 Å². The predicted octanol–water partition coefficient (Wildman–Crippen LogP) is 3.06. The van der Waals surface area contributed by atoms with Crippen molar-refractivity contribution in [3.63, 3.8) is 0 Å². The van der Waals surface area contributed by atoms with E-state index in [0.29, 0.717) is 0 Å². The molecule has 3 nitrogen and oxygen atoms in total. The average molecular weight is 298 g/mol. The highest BCUT2D eigenvalue weighted by Crippen LogP contribution is 2.32. The van der Waals surface area contributed by atoms with Gasteiger partial charge in [0.05, 0.1) is 0 Å². The van der Waals surface area contributed by atoms with Gasteiger partial charge in [0.25, 0.3) is 0 Å². The van der Waals surface area contributed by atoms with Crippen molar-refractivity contribution in [1.29, 1.82) is 0 Å². The molecule has 0 aliphatic heterocycles. The summed E-state index contributed by atoms with van der Waals surface area (Å²) >= 11 is 0. The SMILES string of the molecule is CCCN(CCN(C)C)CC1CC(CC)CCC1NCC. The minimum Gasteiger partial charge on any atom is -0.314 e. The van der Waals surface area contributed by atoms with Gasteiger partial charge < -0.3 is 15.1 Å². The van der Waals surface area contributed by atoms with E-state index < -0.39 is 0 Å². The third kappa shape index (κ3) is 7.12. The highest BCUT2D eigenvalue weighted by atomic mass is 15.2. The first-order valence-corrected chi connectivity index (χ1v) is 9.21. The third-order valence-corrected chi connectivity index (χ3v) is 5.03. The summed E-state index contributed by atoms with van der Waals surface area (Å²) in [5, 5.41) is 3.75. The van der Waals surface area contributed by atoms with Crippen LogP contribution in [-0.2, 0) is 0 Å². The van der Waals surface area contributed by atoms with Gasteiger partial charge in [0.2, 0.25) is 0 Å². The van der Waals surface area contributed by atoms with Crippen LogP contribution in [0.15, 0.2) is 0 Å². The largest absolute Gasteiger partial charge is 0.314 e. The molecule has 1 fully saturated rings. The van der Waals surface area contributed by atoms with Crippen molar-refractivity contribution in [1.82, 2.24) is 15.1 Å². The molecule has 0 aromatic rings. The van der Waals surface area contributed by atoms with E-state index in [2.05, 4.69) is 50.0 Å². The highest BCUT2D eigenvalue weighted by molar-refractivity contribution is 4.86. The number of hydrogen-bond donors (Lipinski definition) is 1. The number of hydrogen-bond acceptors (Lipinski definition) is 3. The van der Waals surface area contributed by atoms with Crippen LogP contribution >= 0.6 is 0 Å². The standard InChI is InChI=1S/C18H39N3/c1-6-11-21(13-12-20(4)5)15-17-14-16(7-2)9-10-18(17)19-8-3/h16-19H,6-15H2,1-5H3. The number of likely N-dealkylation sites (N-methyl/N-ethyl adjacent to an activating group) is 1. The first-order chi connectivity index (χ1) is 10.1. The Labute approximate surface area is 133 Å². The molecular weight excluding hydrogens is 258 g/mol. The minimum atomic E-state index is 0.747. The monoisotopic (exact) mass is 297 g/mol. The summed E-state index contributed by atoms with van der Waals surface area (Å²) in [6.07, 6.45) is 6.86. The maximum Gasteiger partial charge on any atom is 0.0109 e. The maximum absolute atomic E-state index is 3.75. The Kier molecular flexibility index (Phi) is 9.54. The van der Waals surface area contributed by atoms with Crippen LogP contribution in [0.1, 0.15) is 52.9 Å². The average Bonchev–Trinajstić information content (AvgIpc) is 2.47. The second kappa shape index (κ2) is 10.6. The van der Waals surface area contributed by atoms with Gasteiger partial charge in [0, 0.05) is 25.7 Å². The van der Waals surface area contributed by atoms with Gasteiger partial charge in [0.15, 0.2) is 0 Å². The Morgan fingerprint density at radius 3 is 2.33 bits per heavy atom. The first-order valence-electron chi connectivity index (χ1n) is 9.21. The zero-order valence-corrected chi connectivity index (χ0v) is 15.2. The molecule has 1 rings (SSSR count). The van der Waals surface area contributed by atoms with Crippen molar-refractivity contribution in [2.24, 2.45) is 11.8 Å². The fourth-order valence-electron chi connectivity index (χ4n) is 3.75. The predicted molar refractivity (Wildman–Crippen MR) is 93.9 cm³/mol. The lowest BCUT2D eigenvalue weighted by molar-refractivity contribution is 0.132. The Bertz CT molecular complexity index is 255. The van der Waals surface area contributed by atoms with Crippen molar-refractivity contribution >= 4 is 0 Å². The highest BCUT2D eigenvalue weighted by Gasteiger charge is 2.30. The van der Waals surface area contributed by atoms with E-state index >= 15 is 0 Å². The zero-order valence-electron chi connectivity index (χ0n) is 15.2. The Morgan fingerprint density at radius 2 is 1.76 bits per heavy atom. The minimum absolute atomic E-state index is 0.747. The summed E-state index contributed by atoms with van der Waals surface area (Å²) in [6.45, 7) is 13.0. The van der Waals surface area contributed by atoms with E-state index in [-0.39, 0.29) is 0 Å². The second-order valence-electron chi connectivity index (χ2n) is 7.12. The topological polar surface area (TPSA) is 18.5 Å². The van der Waals surface area contributed by atoms with Crippen molar-refractivity contribution in [3.8, 4) is 0 Å². The van der Waals surface area contributed by atoms with E-state index in [1.807, 2.05) is 0 Å². The molecule has 0 spiro atoms. The van der Waals surface area contributed by atoms with Crippen LogP contribution in [0.2, 0.25) is 0 Å². The smallest absolute Gasteiger partial charge is 0.0109 e. The summed E-state index contributed by atoms with van der Waals surface area (Å²) in [6, 6.07) is 0.747. The van der Waals surface area contributed by atoms with Crippen LogP contribution < -0.4 is 5.32 Å². The van der Waals surface area contributed by atoms with E-state index in [4.69, 9.17) is 0 Å². The van der Waals surface area contributed by atoms with Crippen molar-refractivity contribution < 1.29 is 0 Å². The van der Waals surface area contributed by atoms with Crippen LogP contribution in [-0.4, -0.2) is 62.7 Å². The fourth-order valence-corrected chi connectivity index (χ4v) is 3.75. The number of rotatable bonds is 10. The van der Waals surface area contributed by atoms with E-state index in [9.17, 15) is 0 Å². The molecule has 21 heavy (non-hydrogen) atoms. The van der Waals surface area contributed by atoms with Gasteiger partial charge in [-0.2, -0.15) is 0 Å². The Balaban J connectivity index is 2.57. The molecule has 1 saturated carbocycles. The lowest BCUT2D eigenvalue weighted by Gasteiger charge is -2.39. The van der Waals surface area contributed by atoms with Gasteiger partial charge in [-0.1, -0.05) is 27.2 Å². The first kappa shape index (κ1) is 18.9. The van der Waals surface area contributed by atoms with E-state index in [1.165, 1.54) is 58.3 Å². The molecule has 3 atom stereocenters. The lowest BCUT2D eigenvalue weighted by atomic mass is 9.76. The molecule has 126 valence electrons. The van der Waals surface area contributed by atoms with Crippen LogP contribution in [0.4, 0.5) is 0 Å².